The second-order valence-electron chi connectivity index (χ2n) is 7.26. The Morgan fingerprint density at radius 2 is 1.19 bits per heavy atom. The van der Waals surface area contributed by atoms with E-state index in [9.17, 15) is 9.13 Å². The summed E-state index contributed by atoms with van der Waals surface area (Å²) in [4.78, 5) is 0. The summed E-state index contributed by atoms with van der Waals surface area (Å²) in [5, 5.41) is 0.843. The molecule has 2 heterocycles. The number of allylic oxidation sites excluding steroid dienone is 2. The molecule has 0 aliphatic carbocycles. The average Bonchev–Trinajstić information content (AvgIpc) is 2.79. The van der Waals surface area contributed by atoms with Gasteiger partial charge >= 0.3 is 15.2 Å². The Morgan fingerprint density at radius 3 is 1.56 bits per heavy atom. The summed E-state index contributed by atoms with van der Waals surface area (Å²) in [7, 11) is -7.07. The van der Waals surface area contributed by atoms with Crippen LogP contribution in [0.3, 0.4) is 0 Å². The third kappa shape index (κ3) is 4.91. The van der Waals surface area contributed by atoms with E-state index in [0.29, 0.717) is 23.5 Å². The molecule has 8 nitrogen and oxygen atoms in total. The zero-order valence-corrected chi connectivity index (χ0v) is 20.8. The molecule has 2 aliphatic rings. The Labute approximate surface area is 189 Å². The number of hydrogen-bond acceptors (Lipinski definition) is 8. The summed E-state index contributed by atoms with van der Waals surface area (Å²) < 4.78 is 61.2. The van der Waals surface area contributed by atoms with Gasteiger partial charge in [0.2, 0.25) is 0 Å². The predicted molar refractivity (Wildman–Crippen MR) is 121 cm³/mol. The molecule has 0 saturated heterocycles. The maximum absolute atomic E-state index is 13.4. The molecule has 0 atom stereocenters. The first kappa shape index (κ1) is 25.2. The maximum Gasteiger partial charge on any atom is 0.360 e. The normalized spacial score (nSPS) is 23.4. The number of hydrogen-bond donors (Lipinski definition) is 0. The zero-order valence-electron chi connectivity index (χ0n) is 19.0. The lowest BCUT2D eigenvalue weighted by Gasteiger charge is -2.45. The number of fused-ring (bicyclic) bond motifs is 1. The molecular formula is C22H32O8P2. The van der Waals surface area contributed by atoms with Gasteiger partial charge < -0.3 is 27.6 Å². The van der Waals surface area contributed by atoms with Crippen molar-refractivity contribution < 1.29 is 36.7 Å². The molecule has 178 valence electrons. The van der Waals surface area contributed by atoms with E-state index in [0.717, 1.165) is 5.56 Å². The highest BCUT2D eigenvalue weighted by Crippen LogP contribution is 2.66. The molecular weight excluding hydrogens is 454 g/mol. The Morgan fingerprint density at radius 1 is 0.781 bits per heavy atom. The summed E-state index contributed by atoms with van der Waals surface area (Å²) in [6.07, 6.45) is 3.47. The molecule has 0 spiro atoms. The van der Waals surface area contributed by atoms with Crippen LogP contribution >= 0.6 is 15.2 Å². The fraction of sp³-hybridized carbons (Fsp3) is 0.545. The van der Waals surface area contributed by atoms with Crippen LogP contribution in [0.5, 0.6) is 0 Å². The average molecular weight is 486 g/mol. The van der Waals surface area contributed by atoms with Gasteiger partial charge in [0.25, 0.3) is 5.79 Å². The lowest BCUT2D eigenvalue weighted by atomic mass is 9.83. The third-order valence-corrected chi connectivity index (χ3v) is 9.64. The topological polar surface area (TPSA) is 89.5 Å². The van der Waals surface area contributed by atoms with Crippen molar-refractivity contribution >= 4 is 15.2 Å². The second kappa shape index (κ2) is 10.7. The van der Waals surface area contributed by atoms with Gasteiger partial charge in [-0.1, -0.05) is 30.3 Å². The van der Waals surface area contributed by atoms with E-state index in [1.165, 1.54) is 12.5 Å². The highest BCUT2D eigenvalue weighted by Gasteiger charge is 2.53. The first-order chi connectivity index (χ1) is 15.4. The van der Waals surface area contributed by atoms with E-state index in [1.807, 2.05) is 30.3 Å². The highest BCUT2D eigenvalue weighted by molar-refractivity contribution is 7.58. The van der Waals surface area contributed by atoms with Crippen molar-refractivity contribution in [2.45, 2.75) is 46.3 Å². The van der Waals surface area contributed by atoms with Crippen molar-refractivity contribution in [2.24, 2.45) is 5.92 Å². The van der Waals surface area contributed by atoms with E-state index in [1.54, 1.807) is 27.7 Å². The van der Waals surface area contributed by atoms with Gasteiger partial charge in [0, 0.05) is 11.5 Å². The van der Waals surface area contributed by atoms with Crippen LogP contribution in [-0.4, -0.2) is 26.4 Å². The minimum absolute atomic E-state index is 0.231. The first-order valence-electron chi connectivity index (χ1n) is 11.0. The number of benzene rings is 1. The maximum atomic E-state index is 13.4. The van der Waals surface area contributed by atoms with Gasteiger partial charge in [0.1, 0.15) is 0 Å². The monoisotopic (exact) mass is 486 g/mol. The van der Waals surface area contributed by atoms with Gasteiger partial charge in [-0.15, -0.1) is 0 Å². The van der Waals surface area contributed by atoms with Crippen molar-refractivity contribution in [3.63, 3.8) is 0 Å². The Hall–Kier alpha value is -1.40. The number of ether oxygens (including phenoxy) is 2. The van der Waals surface area contributed by atoms with Crippen LogP contribution < -0.4 is 0 Å². The van der Waals surface area contributed by atoms with Gasteiger partial charge in [-0.2, -0.15) is 0 Å². The van der Waals surface area contributed by atoms with Crippen LogP contribution in [0.2, 0.25) is 0 Å². The molecule has 0 aromatic heterocycles. The quantitative estimate of drug-likeness (QED) is 0.327. The minimum atomic E-state index is -3.54. The van der Waals surface area contributed by atoms with E-state index < -0.39 is 21.0 Å². The standard InChI is InChI=1S/C22H32O8P2/c1-5-27-31(23,28-6-2)20-14-19-15-21(32(24,29-7-3)30-8-4)17-26-22(19,25-16-20)18-12-10-9-11-13-18/h9-13,16-17,19H,5-8,14-15H2,1-4H3. The summed E-state index contributed by atoms with van der Waals surface area (Å²) in [5.74, 6) is -1.53. The summed E-state index contributed by atoms with van der Waals surface area (Å²) >= 11 is 0. The van der Waals surface area contributed by atoms with Gasteiger partial charge in [-0.05, 0) is 40.5 Å². The second-order valence-corrected chi connectivity index (χ2v) is 11.4. The van der Waals surface area contributed by atoms with Crippen LogP contribution in [0, 0.1) is 5.92 Å². The van der Waals surface area contributed by atoms with Crippen LogP contribution in [0.25, 0.3) is 0 Å². The van der Waals surface area contributed by atoms with E-state index in [4.69, 9.17) is 27.6 Å². The molecule has 0 unspecified atom stereocenters. The predicted octanol–water partition coefficient (Wildman–Crippen LogP) is 6.51. The Balaban J connectivity index is 2.03. The fourth-order valence-corrected chi connectivity index (χ4v) is 7.38. The lowest BCUT2D eigenvalue weighted by Crippen LogP contribution is -2.43. The summed E-state index contributed by atoms with van der Waals surface area (Å²) in [6.45, 7) is 7.96. The molecule has 10 heteroatoms. The van der Waals surface area contributed by atoms with Crippen LogP contribution in [-0.2, 0) is 42.5 Å². The van der Waals surface area contributed by atoms with E-state index in [2.05, 4.69) is 0 Å². The number of rotatable bonds is 11. The molecule has 1 aromatic rings. The van der Waals surface area contributed by atoms with Crippen LogP contribution in [0.4, 0.5) is 0 Å². The molecule has 32 heavy (non-hydrogen) atoms. The first-order valence-corrected chi connectivity index (χ1v) is 14.0. The van der Waals surface area contributed by atoms with Crippen molar-refractivity contribution in [1.29, 1.82) is 0 Å². The molecule has 0 fully saturated rings. The van der Waals surface area contributed by atoms with E-state index in [-0.39, 0.29) is 32.3 Å². The Bertz CT molecular complexity index is 855. The van der Waals surface area contributed by atoms with Crippen molar-refractivity contribution in [3.8, 4) is 0 Å². The minimum Gasteiger partial charge on any atom is -0.455 e. The molecule has 0 N–H and O–H groups in total. The van der Waals surface area contributed by atoms with E-state index >= 15 is 0 Å². The third-order valence-electron chi connectivity index (χ3n) is 5.26. The van der Waals surface area contributed by atoms with Gasteiger partial charge in [0.05, 0.1) is 49.6 Å². The summed E-state index contributed by atoms with van der Waals surface area (Å²) in [5.41, 5.74) is 0.793. The molecule has 0 bridgehead atoms. The van der Waals surface area contributed by atoms with Crippen molar-refractivity contribution in [2.75, 3.05) is 26.4 Å². The van der Waals surface area contributed by atoms with Gasteiger partial charge in [0.15, 0.2) is 0 Å². The Kier molecular flexibility index (Phi) is 8.42. The van der Waals surface area contributed by atoms with Crippen LogP contribution in [0.1, 0.15) is 46.1 Å². The zero-order chi connectivity index (χ0) is 23.2. The highest BCUT2D eigenvalue weighted by atomic mass is 31.2. The molecule has 3 rings (SSSR count). The van der Waals surface area contributed by atoms with Crippen molar-refractivity contribution in [3.05, 3.63) is 59.0 Å². The SMILES string of the molecule is CCOP(=O)(OCC)C1=COC2(c3ccccc3)OC=C(P(=O)(OCC)OCC)CC2C1. The molecule has 1 aromatic carbocycles. The largest absolute Gasteiger partial charge is 0.455 e. The van der Waals surface area contributed by atoms with Gasteiger partial charge in [-0.3, -0.25) is 9.13 Å². The molecule has 0 saturated carbocycles. The summed E-state index contributed by atoms with van der Waals surface area (Å²) in [6, 6.07) is 9.49. The van der Waals surface area contributed by atoms with Crippen molar-refractivity contribution in [1.82, 2.24) is 0 Å². The molecule has 0 radical (unpaired) electrons. The lowest BCUT2D eigenvalue weighted by molar-refractivity contribution is -0.233. The molecule has 0 amide bonds. The fourth-order valence-electron chi connectivity index (χ4n) is 3.95. The smallest absolute Gasteiger partial charge is 0.360 e. The van der Waals surface area contributed by atoms with Gasteiger partial charge in [-0.25, -0.2) is 0 Å². The molecule has 2 aliphatic heterocycles. The van der Waals surface area contributed by atoms with Crippen LogP contribution in [0.15, 0.2) is 53.5 Å².